The maximum Gasteiger partial charge on any atom is 0.261 e. The fraction of sp³-hybridized carbons (Fsp3) is 0.389. The fourth-order valence-corrected chi connectivity index (χ4v) is 4.28. The van der Waals surface area contributed by atoms with E-state index in [-0.39, 0.29) is 5.91 Å². The molecule has 8 nitrogen and oxygen atoms in total. The number of hydrogen-bond acceptors (Lipinski definition) is 7. The monoisotopic (exact) mass is 387 g/mol. The summed E-state index contributed by atoms with van der Waals surface area (Å²) in [5.41, 5.74) is 1.39. The minimum absolute atomic E-state index is 0.0504. The third kappa shape index (κ3) is 3.18. The van der Waals surface area contributed by atoms with Crippen molar-refractivity contribution in [3.05, 3.63) is 30.0 Å². The average molecular weight is 387 g/mol. The van der Waals surface area contributed by atoms with E-state index in [1.807, 2.05) is 23.1 Å². The third-order valence-corrected chi connectivity index (χ3v) is 5.73. The summed E-state index contributed by atoms with van der Waals surface area (Å²) in [6.45, 7) is 2.72. The van der Waals surface area contributed by atoms with E-state index >= 15 is 0 Å². The van der Waals surface area contributed by atoms with Crippen molar-refractivity contribution in [3.63, 3.8) is 0 Å². The van der Waals surface area contributed by atoms with Gasteiger partial charge in [0.25, 0.3) is 5.91 Å². The van der Waals surface area contributed by atoms with Crippen molar-refractivity contribution in [1.82, 2.24) is 19.7 Å². The molecule has 0 saturated carbocycles. The van der Waals surface area contributed by atoms with Crippen molar-refractivity contribution < 1.29 is 14.3 Å². The minimum Gasteiger partial charge on any atom is -0.494 e. The molecular formula is C18H21N5O3S. The topological polar surface area (TPSA) is 72.7 Å². The second-order valence-corrected chi connectivity index (χ2v) is 7.32. The van der Waals surface area contributed by atoms with Gasteiger partial charge in [0.05, 0.1) is 18.9 Å². The number of amides is 1. The molecule has 1 saturated heterocycles. The lowest BCUT2D eigenvalue weighted by Crippen LogP contribution is -2.48. The Morgan fingerprint density at radius 3 is 2.63 bits per heavy atom. The number of carbonyl (C=O) groups excluding carboxylic acids is 1. The Balaban J connectivity index is 1.48. The largest absolute Gasteiger partial charge is 0.494 e. The summed E-state index contributed by atoms with van der Waals surface area (Å²) in [7, 11) is 4.96. The van der Waals surface area contributed by atoms with Crippen LogP contribution in [0.1, 0.15) is 10.4 Å². The molecule has 3 aromatic rings. The van der Waals surface area contributed by atoms with Crippen LogP contribution in [0.3, 0.4) is 0 Å². The Bertz CT molecular complexity index is 975. The highest BCUT2D eigenvalue weighted by atomic mass is 32.1. The molecule has 2 aromatic heterocycles. The predicted octanol–water partition coefficient (Wildman–Crippen LogP) is 2.01. The molecule has 27 heavy (non-hydrogen) atoms. The quantitative estimate of drug-likeness (QED) is 0.682. The van der Waals surface area contributed by atoms with Crippen LogP contribution in [0.25, 0.3) is 10.2 Å². The van der Waals surface area contributed by atoms with E-state index in [0.717, 1.165) is 34.2 Å². The zero-order valence-corrected chi connectivity index (χ0v) is 16.3. The molecule has 1 aliphatic heterocycles. The fourth-order valence-electron chi connectivity index (χ4n) is 3.25. The van der Waals surface area contributed by atoms with Gasteiger partial charge >= 0.3 is 0 Å². The Kier molecular flexibility index (Phi) is 4.61. The molecule has 1 aliphatic rings. The number of carbonyl (C=O) groups is 1. The molecule has 1 amide bonds. The van der Waals surface area contributed by atoms with Crippen LogP contribution in [-0.2, 0) is 7.05 Å². The van der Waals surface area contributed by atoms with Crippen LogP contribution in [0, 0.1) is 0 Å². The van der Waals surface area contributed by atoms with Crippen molar-refractivity contribution in [2.75, 3.05) is 45.3 Å². The van der Waals surface area contributed by atoms with E-state index in [1.165, 1.54) is 7.11 Å². The van der Waals surface area contributed by atoms with Crippen molar-refractivity contribution in [3.8, 4) is 11.6 Å². The third-order valence-electron chi connectivity index (χ3n) is 4.65. The van der Waals surface area contributed by atoms with Crippen LogP contribution in [0.4, 0.5) is 5.13 Å². The molecule has 1 aromatic carbocycles. The summed E-state index contributed by atoms with van der Waals surface area (Å²) in [4.78, 5) is 21.6. The molecule has 4 rings (SSSR count). The van der Waals surface area contributed by atoms with Gasteiger partial charge in [0.15, 0.2) is 5.13 Å². The van der Waals surface area contributed by atoms with E-state index in [2.05, 4.69) is 10.00 Å². The summed E-state index contributed by atoms with van der Waals surface area (Å²) >= 11 is 1.65. The first-order valence-corrected chi connectivity index (χ1v) is 9.47. The number of ether oxygens (including phenoxy) is 2. The standard InChI is InChI=1S/C18H21N5O3S/c1-21-11-12(16(20-21)26-3)17(24)22-7-9-23(10-8-22)18-19-15-13(25-2)5-4-6-14(15)27-18/h4-6,11H,7-10H2,1-3H3. The van der Waals surface area contributed by atoms with Crippen LogP contribution in [0.5, 0.6) is 11.6 Å². The maximum atomic E-state index is 12.8. The number of anilines is 1. The SMILES string of the molecule is COc1nn(C)cc1C(=O)N1CCN(c2nc3c(OC)cccc3s2)CC1. The predicted molar refractivity (Wildman–Crippen MR) is 104 cm³/mol. The number of rotatable bonds is 4. The molecule has 0 aliphatic carbocycles. The summed E-state index contributed by atoms with van der Waals surface area (Å²) in [5.74, 6) is 1.10. The number of thiazole rings is 1. The van der Waals surface area contributed by atoms with E-state index in [1.54, 1.807) is 36.4 Å². The minimum atomic E-state index is -0.0504. The lowest BCUT2D eigenvalue weighted by atomic mass is 10.2. The molecule has 0 spiro atoms. The van der Waals surface area contributed by atoms with Crippen LogP contribution in [0.15, 0.2) is 24.4 Å². The number of nitrogens with zero attached hydrogens (tertiary/aromatic N) is 5. The van der Waals surface area contributed by atoms with Crippen LogP contribution >= 0.6 is 11.3 Å². The molecule has 3 heterocycles. The van der Waals surface area contributed by atoms with Gasteiger partial charge in [-0.15, -0.1) is 5.10 Å². The summed E-state index contributed by atoms with van der Waals surface area (Å²) in [5, 5.41) is 5.12. The van der Waals surface area contributed by atoms with E-state index < -0.39 is 0 Å². The first-order valence-electron chi connectivity index (χ1n) is 8.66. The van der Waals surface area contributed by atoms with Gasteiger partial charge in [-0.2, -0.15) is 0 Å². The highest BCUT2D eigenvalue weighted by Crippen LogP contribution is 2.34. The average Bonchev–Trinajstić information content (AvgIpc) is 3.30. The van der Waals surface area contributed by atoms with Gasteiger partial charge < -0.3 is 19.3 Å². The number of benzene rings is 1. The van der Waals surface area contributed by atoms with Gasteiger partial charge in [-0.3, -0.25) is 9.48 Å². The van der Waals surface area contributed by atoms with Gasteiger partial charge in [-0.25, -0.2) is 4.98 Å². The Morgan fingerprint density at radius 1 is 1.15 bits per heavy atom. The second kappa shape index (κ2) is 7.07. The van der Waals surface area contributed by atoms with Crippen molar-refractivity contribution in [1.29, 1.82) is 0 Å². The van der Waals surface area contributed by atoms with E-state index in [4.69, 9.17) is 14.5 Å². The van der Waals surface area contributed by atoms with E-state index in [0.29, 0.717) is 24.5 Å². The Hall–Kier alpha value is -2.81. The van der Waals surface area contributed by atoms with Gasteiger partial charge in [-0.1, -0.05) is 17.4 Å². The zero-order chi connectivity index (χ0) is 19.0. The lowest BCUT2D eigenvalue weighted by Gasteiger charge is -2.34. The van der Waals surface area contributed by atoms with Crippen LogP contribution in [0.2, 0.25) is 0 Å². The highest BCUT2D eigenvalue weighted by Gasteiger charge is 2.27. The Labute approximate surface area is 160 Å². The number of para-hydroxylation sites is 1. The normalized spacial score (nSPS) is 14.6. The molecule has 0 atom stereocenters. The number of fused-ring (bicyclic) bond motifs is 1. The first-order chi connectivity index (χ1) is 13.1. The van der Waals surface area contributed by atoms with Gasteiger partial charge in [0.1, 0.15) is 16.8 Å². The summed E-state index contributed by atoms with van der Waals surface area (Å²) in [6.07, 6.45) is 1.70. The highest BCUT2D eigenvalue weighted by molar-refractivity contribution is 7.22. The van der Waals surface area contributed by atoms with Gasteiger partial charge in [-0.05, 0) is 12.1 Å². The number of piperazine rings is 1. The lowest BCUT2D eigenvalue weighted by molar-refractivity contribution is 0.0743. The number of hydrogen-bond donors (Lipinski definition) is 0. The zero-order valence-electron chi connectivity index (χ0n) is 15.5. The Morgan fingerprint density at radius 2 is 1.93 bits per heavy atom. The molecule has 9 heteroatoms. The maximum absolute atomic E-state index is 12.8. The van der Waals surface area contributed by atoms with Gasteiger partial charge in [0.2, 0.25) is 5.88 Å². The van der Waals surface area contributed by atoms with Crippen LogP contribution < -0.4 is 14.4 Å². The van der Waals surface area contributed by atoms with Crippen LogP contribution in [-0.4, -0.2) is 66.0 Å². The smallest absolute Gasteiger partial charge is 0.261 e. The molecule has 0 unspecified atom stereocenters. The number of aromatic nitrogens is 3. The molecule has 0 bridgehead atoms. The van der Waals surface area contributed by atoms with E-state index in [9.17, 15) is 4.79 Å². The van der Waals surface area contributed by atoms with Crippen molar-refractivity contribution >= 4 is 32.6 Å². The summed E-state index contributed by atoms with van der Waals surface area (Å²) in [6, 6.07) is 5.94. The summed E-state index contributed by atoms with van der Waals surface area (Å²) < 4.78 is 13.3. The molecule has 0 radical (unpaired) electrons. The molecule has 1 fully saturated rings. The first kappa shape index (κ1) is 17.6. The van der Waals surface area contributed by atoms with Crippen molar-refractivity contribution in [2.45, 2.75) is 0 Å². The van der Waals surface area contributed by atoms with Gasteiger partial charge in [0, 0.05) is 39.4 Å². The number of methoxy groups -OCH3 is 2. The molecule has 0 N–H and O–H groups in total. The number of aryl methyl sites for hydroxylation is 1. The molecule has 142 valence electrons. The molecular weight excluding hydrogens is 366 g/mol. The van der Waals surface area contributed by atoms with Crippen molar-refractivity contribution in [2.24, 2.45) is 7.05 Å². The second-order valence-electron chi connectivity index (χ2n) is 6.31.